The van der Waals surface area contributed by atoms with Gasteiger partial charge in [0.2, 0.25) is 0 Å². The van der Waals surface area contributed by atoms with Gasteiger partial charge in [0.05, 0.1) is 24.7 Å². The highest BCUT2D eigenvalue weighted by molar-refractivity contribution is 5.10. The Morgan fingerprint density at radius 2 is 2.39 bits per heavy atom. The van der Waals surface area contributed by atoms with Crippen molar-refractivity contribution in [3.63, 3.8) is 0 Å². The van der Waals surface area contributed by atoms with Crippen molar-refractivity contribution in [2.75, 3.05) is 26.8 Å². The normalized spacial score (nSPS) is 25.8. The first-order valence-corrected chi connectivity index (χ1v) is 6.82. The summed E-state index contributed by atoms with van der Waals surface area (Å²) in [7, 11) is 2.15. The fourth-order valence-corrected chi connectivity index (χ4v) is 2.82. The van der Waals surface area contributed by atoms with Crippen LogP contribution in [0.4, 0.5) is 0 Å². The molecule has 100 valence electrons. The Hall–Kier alpha value is -0.910. The summed E-state index contributed by atoms with van der Waals surface area (Å²) >= 11 is 0. The van der Waals surface area contributed by atoms with Crippen LogP contribution in [0.5, 0.6) is 0 Å². The summed E-state index contributed by atoms with van der Waals surface area (Å²) in [6.07, 6.45) is 7.58. The lowest BCUT2D eigenvalue weighted by atomic mass is 10.1. The van der Waals surface area contributed by atoms with Crippen LogP contribution in [-0.4, -0.2) is 47.3 Å². The molecule has 18 heavy (non-hydrogen) atoms. The minimum Gasteiger partial charge on any atom is -0.380 e. The highest BCUT2D eigenvalue weighted by Crippen LogP contribution is 2.37. The van der Waals surface area contributed by atoms with Crippen molar-refractivity contribution < 1.29 is 4.74 Å². The summed E-state index contributed by atoms with van der Waals surface area (Å²) in [5.41, 5.74) is 7.26. The lowest BCUT2D eigenvalue weighted by Gasteiger charge is -2.32. The van der Waals surface area contributed by atoms with Crippen molar-refractivity contribution in [1.82, 2.24) is 14.5 Å². The third-order valence-electron chi connectivity index (χ3n) is 4.17. The summed E-state index contributed by atoms with van der Waals surface area (Å²) < 4.78 is 7.78. The molecule has 1 aliphatic carbocycles. The van der Waals surface area contributed by atoms with Crippen LogP contribution in [0.25, 0.3) is 0 Å². The predicted molar refractivity (Wildman–Crippen MR) is 69.3 cm³/mol. The van der Waals surface area contributed by atoms with Gasteiger partial charge in [-0.25, -0.2) is 4.98 Å². The van der Waals surface area contributed by atoms with Crippen LogP contribution in [0.15, 0.2) is 12.5 Å². The van der Waals surface area contributed by atoms with E-state index in [0.717, 1.165) is 19.6 Å². The number of likely N-dealkylation sites (N-methyl/N-ethyl adjacent to an activating group) is 1. The van der Waals surface area contributed by atoms with Gasteiger partial charge in [0.1, 0.15) is 0 Å². The first kappa shape index (κ1) is 12.1. The molecule has 2 heterocycles. The van der Waals surface area contributed by atoms with Crippen molar-refractivity contribution in [3.05, 3.63) is 18.2 Å². The third-order valence-corrected chi connectivity index (χ3v) is 4.17. The van der Waals surface area contributed by atoms with E-state index in [9.17, 15) is 0 Å². The number of ether oxygens (including phenoxy) is 1. The molecule has 1 aromatic rings. The van der Waals surface area contributed by atoms with E-state index < -0.39 is 0 Å². The average molecular weight is 250 g/mol. The largest absolute Gasteiger partial charge is 0.380 e. The molecule has 2 N–H and O–H groups in total. The van der Waals surface area contributed by atoms with Crippen LogP contribution in [0.1, 0.15) is 37.0 Å². The molecule has 0 radical (unpaired) electrons. The Morgan fingerprint density at radius 1 is 1.56 bits per heavy atom. The molecule has 1 saturated heterocycles. The molecule has 0 aromatic carbocycles. The van der Waals surface area contributed by atoms with Crippen molar-refractivity contribution in [2.45, 2.75) is 37.4 Å². The second-order valence-corrected chi connectivity index (χ2v) is 5.39. The van der Waals surface area contributed by atoms with E-state index >= 15 is 0 Å². The average Bonchev–Trinajstić information content (AvgIpc) is 2.92. The molecule has 5 nitrogen and oxygen atoms in total. The molecule has 0 spiro atoms. The van der Waals surface area contributed by atoms with Crippen molar-refractivity contribution in [2.24, 2.45) is 5.73 Å². The monoisotopic (exact) mass is 250 g/mol. The standard InChI is InChI=1S/C13H22N4O/c1-16(11-4-5-18-8-11)12(6-14)13-7-15-9-17(13)10-2-3-10/h7,9-12H,2-6,8,14H2,1H3. The van der Waals surface area contributed by atoms with Gasteiger partial charge in [0, 0.05) is 31.4 Å². The van der Waals surface area contributed by atoms with Gasteiger partial charge in [-0.2, -0.15) is 0 Å². The quantitative estimate of drug-likeness (QED) is 0.845. The third kappa shape index (κ3) is 2.18. The fraction of sp³-hybridized carbons (Fsp3) is 0.769. The second kappa shape index (κ2) is 4.99. The molecule has 3 rings (SSSR count). The number of imidazole rings is 1. The summed E-state index contributed by atoms with van der Waals surface area (Å²) in [6.45, 7) is 2.32. The maximum Gasteiger partial charge on any atom is 0.0951 e. The fourth-order valence-electron chi connectivity index (χ4n) is 2.82. The molecule has 2 fully saturated rings. The molecule has 0 amide bonds. The smallest absolute Gasteiger partial charge is 0.0951 e. The molecular weight excluding hydrogens is 228 g/mol. The predicted octanol–water partition coefficient (Wildman–Crippen LogP) is 0.939. The number of nitrogens with zero attached hydrogens (tertiary/aromatic N) is 3. The minimum absolute atomic E-state index is 0.250. The van der Waals surface area contributed by atoms with Crippen LogP contribution < -0.4 is 5.73 Å². The van der Waals surface area contributed by atoms with E-state index in [1.165, 1.54) is 18.5 Å². The van der Waals surface area contributed by atoms with Crippen molar-refractivity contribution in [1.29, 1.82) is 0 Å². The van der Waals surface area contributed by atoms with Gasteiger partial charge in [-0.05, 0) is 26.3 Å². The maximum absolute atomic E-state index is 6.00. The molecule has 2 aliphatic rings. The Kier molecular flexibility index (Phi) is 3.37. The van der Waals surface area contributed by atoms with E-state index in [2.05, 4.69) is 21.5 Å². The number of nitrogens with two attached hydrogens (primary N) is 1. The lowest BCUT2D eigenvalue weighted by molar-refractivity contribution is 0.131. The Bertz CT molecular complexity index is 395. The van der Waals surface area contributed by atoms with E-state index in [0.29, 0.717) is 18.6 Å². The molecular formula is C13H22N4O. The Morgan fingerprint density at radius 3 is 3.00 bits per heavy atom. The Labute approximate surface area is 108 Å². The van der Waals surface area contributed by atoms with E-state index in [1.54, 1.807) is 0 Å². The Balaban J connectivity index is 1.79. The summed E-state index contributed by atoms with van der Waals surface area (Å²) in [6, 6.07) is 1.39. The van der Waals surface area contributed by atoms with Crippen LogP contribution >= 0.6 is 0 Å². The zero-order chi connectivity index (χ0) is 12.5. The van der Waals surface area contributed by atoms with Gasteiger partial charge < -0.3 is 15.0 Å². The first-order chi connectivity index (χ1) is 8.81. The topological polar surface area (TPSA) is 56.3 Å². The minimum atomic E-state index is 0.250. The number of rotatable bonds is 5. The molecule has 2 unspecified atom stereocenters. The van der Waals surface area contributed by atoms with E-state index in [-0.39, 0.29) is 6.04 Å². The number of aromatic nitrogens is 2. The van der Waals surface area contributed by atoms with Crippen LogP contribution in [0.3, 0.4) is 0 Å². The van der Waals surface area contributed by atoms with Gasteiger partial charge in [-0.3, -0.25) is 4.90 Å². The summed E-state index contributed by atoms with van der Waals surface area (Å²) in [4.78, 5) is 6.67. The molecule has 1 aliphatic heterocycles. The molecule has 1 aromatic heterocycles. The van der Waals surface area contributed by atoms with Gasteiger partial charge in [-0.15, -0.1) is 0 Å². The zero-order valence-corrected chi connectivity index (χ0v) is 11.0. The van der Waals surface area contributed by atoms with E-state index in [1.807, 2.05) is 12.5 Å². The summed E-state index contributed by atoms with van der Waals surface area (Å²) in [5.74, 6) is 0. The van der Waals surface area contributed by atoms with Crippen LogP contribution in [0.2, 0.25) is 0 Å². The SMILES string of the molecule is CN(C1CCOC1)C(CN)c1cncn1C1CC1. The second-order valence-electron chi connectivity index (χ2n) is 5.39. The highest BCUT2D eigenvalue weighted by atomic mass is 16.5. The molecule has 0 bridgehead atoms. The molecule has 5 heteroatoms. The van der Waals surface area contributed by atoms with Gasteiger partial charge in [0.25, 0.3) is 0 Å². The number of hydrogen-bond acceptors (Lipinski definition) is 4. The van der Waals surface area contributed by atoms with Gasteiger partial charge in [0.15, 0.2) is 0 Å². The molecule has 1 saturated carbocycles. The highest BCUT2D eigenvalue weighted by Gasteiger charge is 2.32. The number of hydrogen-bond donors (Lipinski definition) is 1. The van der Waals surface area contributed by atoms with Crippen molar-refractivity contribution >= 4 is 0 Å². The maximum atomic E-state index is 6.00. The lowest BCUT2D eigenvalue weighted by Crippen LogP contribution is -2.39. The molecule has 2 atom stereocenters. The van der Waals surface area contributed by atoms with Gasteiger partial charge in [-0.1, -0.05) is 0 Å². The van der Waals surface area contributed by atoms with Crippen LogP contribution in [-0.2, 0) is 4.74 Å². The summed E-state index contributed by atoms with van der Waals surface area (Å²) in [5, 5.41) is 0. The zero-order valence-electron chi connectivity index (χ0n) is 11.0. The van der Waals surface area contributed by atoms with E-state index in [4.69, 9.17) is 10.5 Å². The van der Waals surface area contributed by atoms with Crippen molar-refractivity contribution in [3.8, 4) is 0 Å². The van der Waals surface area contributed by atoms with Crippen LogP contribution in [0, 0.1) is 0 Å². The first-order valence-electron chi connectivity index (χ1n) is 6.82. The van der Waals surface area contributed by atoms with Gasteiger partial charge >= 0.3 is 0 Å².